The van der Waals surface area contributed by atoms with Gasteiger partial charge in [-0.15, -0.1) is 0 Å². The average Bonchev–Trinajstić information content (AvgIpc) is 2.76. The minimum Gasteiger partial charge on any atom is -0.461 e. The van der Waals surface area contributed by atoms with Crippen molar-refractivity contribution in [3.63, 3.8) is 0 Å². The highest BCUT2D eigenvalue weighted by atomic mass is 16.5. The van der Waals surface area contributed by atoms with E-state index >= 15 is 0 Å². The number of amides is 1. The number of hydrogen-bond acceptors (Lipinski definition) is 6. The van der Waals surface area contributed by atoms with Crippen LogP contribution in [0.1, 0.15) is 24.3 Å². The zero-order chi connectivity index (χ0) is 12.8. The topological polar surface area (TPSA) is 93.5 Å². The number of esters is 1. The van der Waals surface area contributed by atoms with Crippen LogP contribution in [0.5, 0.6) is 0 Å². The van der Waals surface area contributed by atoms with Gasteiger partial charge in [-0.2, -0.15) is 4.98 Å². The fraction of sp³-hybridized carbons (Fsp3) is 0.500. The first-order valence-electron chi connectivity index (χ1n) is 5.19. The Labute approximate surface area is 98.5 Å². The lowest BCUT2D eigenvalue weighted by atomic mass is 10.3. The van der Waals surface area contributed by atoms with Crippen LogP contribution in [0.25, 0.3) is 0 Å². The summed E-state index contributed by atoms with van der Waals surface area (Å²) in [5.41, 5.74) is 0.0680. The van der Waals surface area contributed by atoms with Crippen LogP contribution in [-0.2, 0) is 9.53 Å². The van der Waals surface area contributed by atoms with Gasteiger partial charge < -0.3 is 19.8 Å². The van der Waals surface area contributed by atoms with Crippen LogP contribution < -0.4 is 10.6 Å². The second-order valence-electron chi connectivity index (χ2n) is 3.24. The molecule has 1 heterocycles. The quantitative estimate of drug-likeness (QED) is 0.725. The van der Waals surface area contributed by atoms with E-state index in [2.05, 4.69) is 15.6 Å². The number of anilines is 1. The molecule has 0 saturated heterocycles. The molecule has 17 heavy (non-hydrogen) atoms. The number of ether oxygens (including phenoxy) is 1. The fourth-order valence-corrected chi connectivity index (χ4v) is 1.11. The standard InChI is InChI=1S/C10H15N3O4/c1-4-16-9(15)7-5-17-10(13-7)12-6(2)8(14)11-3/h5-6H,4H2,1-3H3,(H,11,14)(H,12,13). The van der Waals surface area contributed by atoms with Gasteiger partial charge in [0.15, 0.2) is 5.69 Å². The van der Waals surface area contributed by atoms with Gasteiger partial charge in [-0.3, -0.25) is 4.79 Å². The van der Waals surface area contributed by atoms with Gasteiger partial charge in [-0.25, -0.2) is 4.79 Å². The van der Waals surface area contributed by atoms with E-state index in [1.165, 1.54) is 13.3 Å². The molecule has 0 saturated carbocycles. The molecular formula is C10H15N3O4. The molecule has 94 valence electrons. The van der Waals surface area contributed by atoms with Crippen molar-refractivity contribution in [2.75, 3.05) is 19.0 Å². The molecule has 0 aromatic carbocycles. The molecule has 1 aromatic heterocycles. The lowest BCUT2D eigenvalue weighted by Crippen LogP contribution is -2.35. The predicted octanol–water partition coefficient (Wildman–Crippen LogP) is 0.398. The molecule has 7 nitrogen and oxygen atoms in total. The predicted molar refractivity (Wildman–Crippen MR) is 59.6 cm³/mol. The third kappa shape index (κ3) is 3.47. The number of rotatable bonds is 5. The van der Waals surface area contributed by atoms with E-state index in [0.717, 1.165) is 0 Å². The number of aromatic nitrogens is 1. The first-order chi connectivity index (χ1) is 8.08. The molecule has 1 atom stereocenters. The highest BCUT2D eigenvalue weighted by Gasteiger charge is 2.16. The van der Waals surface area contributed by atoms with Crippen molar-refractivity contribution < 1.29 is 18.7 Å². The Morgan fingerprint density at radius 2 is 2.29 bits per heavy atom. The summed E-state index contributed by atoms with van der Waals surface area (Å²) in [7, 11) is 1.53. The summed E-state index contributed by atoms with van der Waals surface area (Å²) in [5.74, 6) is -0.766. The van der Waals surface area contributed by atoms with Gasteiger partial charge in [0.05, 0.1) is 6.61 Å². The molecule has 0 radical (unpaired) electrons. The number of carbonyl (C=O) groups is 2. The van der Waals surface area contributed by atoms with E-state index in [1.807, 2.05) is 0 Å². The number of nitrogens with zero attached hydrogens (tertiary/aromatic N) is 1. The third-order valence-electron chi connectivity index (χ3n) is 1.97. The minimum absolute atomic E-state index is 0.0680. The molecule has 2 N–H and O–H groups in total. The van der Waals surface area contributed by atoms with E-state index in [-0.39, 0.29) is 24.2 Å². The van der Waals surface area contributed by atoms with Crippen LogP contribution in [0.3, 0.4) is 0 Å². The molecule has 1 rings (SSSR count). The lowest BCUT2D eigenvalue weighted by molar-refractivity contribution is -0.121. The number of nitrogens with one attached hydrogen (secondary N) is 2. The molecule has 1 aromatic rings. The maximum absolute atomic E-state index is 11.3. The summed E-state index contributed by atoms with van der Waals surface area (Å²) in [6, 6.07) is -0.405. The first-order valence-corrected chi connectivity index (χ1v) is 5.19. The summed E-state index contributed by atoms with van der Waals surface area (Å²) in [6.07, 6.45) is 1.18. The maximum Gasteiger partial charge on any atom is 0.360 e. The normalized spacial score (nSPS) is 11.7. The van der Waals surface area contributed by atoms with Gasteiger partial charge in [-0.1, -0.05) is 0 Å². The fourth-order valence-electron chi connectivity index (χ4n) is 1.11. The van der Waals surface area contributed by atoms with Crippen molar-refractivity contribution in [3.05, 3.63) is 12.0 Å². The van der Waals surface area contributed by atoms with E-state index in [1.54, 1.807) is 13.8 Å². The van der Waals surface area contributed by atoms with Gasteiger partial charge in [0.2, 0.25) is 5.91 Å². The van der Waals surface area contributed by atoms with E-state index in [4.69, 9.17) is 9.15 Å². The molecule has 0 aliphatic rings. The Hall–Kier alpha value is -2.05. The molecule has 0 aliphatic heterocycles. The molecule has 7 heteroatoms. The summed E-state index contributed by atoms with van der Waals surface area (Å²) in [5, 5.41) is 5.18. The Balaban J connectivity index is 2.62. The SMILES string of the molecule is CCOC(=O)c1coc(NC(C)C(=O)NC)n1. The van der Waals surface area contributed by atoms with Crippen molar-refractivity contribution in [2.45, 2.75) is 19.9 Å². The van der Waals surface area contributed by atoms with Crippen molar-refractivity contribution in [2.24, 2.45) is 0 Å². The van der Waals surface area contributed by atoms with Gasteiger partial charge in [0.1, 0.15) is 12.3 Å². The Kier molecular flexibility index (Phi) is 4.50. The molecular weight excluding hydrogens is 226 g/mol. The zero-order valence-corrected chi connectivity index (χ0v) is 9.94. The van der Waals surface area contributed by atoms with Gasteiger partial charge in [-0.05, 0) is 13.8 Å². The van der Waals surface area contributed by atoms with Crippen molar-refractivity contribution in [3.8, 4) is 0 Å². The summed E-state index contributed by atoms with van der Waals surface area (Å²) < 4.78 is 9.74. The van der Waals surface area contributed by atoms with Crippen LogP contribution in [0, 0.1) is 0 Å². The lowest BCUT2D eigenvalue weighted by Gasteiger charge is -2.09. The highest BCUT2D eigenvalue weighted by Crippen LogP contribution is 2.09. The Bertz CT molecular complexity index is 402. The summed E-state index contributed by atoms with van der Waals surface area (Å²) in [4.78, 5) is 26.4. The smallest absolute Gasteiger partial charge is 0.360 e. The van der Waals surface area contributed by atoms with Gasteiger partial charge >= 0.3 is 5.97 Å². The van der Waals surface area contributed by atoms with Crippen molar-refractivity contribution in [1.29, 1.82) is 0 Å². The van der Waals surface area contributed by atoms with Gasteiger partial charge in [0.25, 0.3) is 6.01 Å². The van der Waals surface area contributed by atoms with E-state index < -0.39 is 12.0 Å². The molecule has 0 spiro atoms. The van der Waals surface area contributed by atoms with Crippen LogP contribution >= 0.6 is 0 Å². The first kappa shape index (κ1) is 13.0. The molecule has 0 aliphatic carbocycles. The van der Waals surface area contributed by atoms with Crippen LogP contribution in [0.15, 0.2) is 10.7 Å². The summed E-state index contributed by atoms with van der Waals surface area (Å²) >= 11 is 0. The molecule has 0 bridgehead atoms. The number of likely N-dealkylation sites (N-methyl/N-ethyl adjacent to an activating group) is 1. The monoisotopic (exact) mass is 241 g/mol. The highest BCUT2D eigenvalue weighted by molar-refractivity contribution is 5.87. The largest absolute Gasteiger partial charge is 0.461 e. The number of oxazole rings is 1. The maximum atomic E-state index is 11.3. The van der Waals surface area contributed by atoms with Crippen LogP contribution in [0.2, 0.25) is 0 Å². The molecule has 0 fully saturated rings. The number of hydrogen-bond donors (Lipinski definition) is 2. The Morgan fingerprint density at radius 3 is 2.88 bits per heavy atom. The van der Waals surface area contributed by atoms with Crippen molar-refractivity contribution >= 4 is 17.9 Å². The van der Waals surface area contributed by atoms with Crippen LogP contribution in [0.4, 0.5) is 6.01 Å². The van der Waals surface area contributed by atoms with E-state index in [0.29, 0.717) is 0 Å². The minimum atomic E-state index is -0.558. The third-order valence-corrected chi connectivity index (χ3v) is 1.97. The summed E-state index contributed by atoms with van der Waals surface area (Å²) in [6.45, 7) is 3.61. The van der Waals surface area contributed by atoms with Gasteiger partial charge in [0, 0.05) is 7.05 Å². The zero-order valence-electron chi connectivity index (χ0n) is 9.94. The van der Waals surface area contributed by atoms with Crippen LogP contribution in [-0.4, -0.2) is 36.6 Å². The molecule has 1 unspecified atom stereocenters. The Morgan fingerprint density at radius 1 is 1.59 bits per heavy atom. The second kappa shape index (κ2) is 5.88. The van der Waals surface area contributed by atoms with Crippen molar-refractivity contribution in [1.82, 2.24) is 10.3 Å². The van der Waals surface area contributed by atoms with E-state index in [9.17, 15) is 9.59 Å². The number of carbonyl (C=O) groups excluding carboxylic acids is 2. The average molecular weight is 241 g/mol. The molecule has 1 amide bonds. The second-order valence-corrected chi connectivity index (χ2v) is 3.24.